The van der Waals surface area contributed by atoms with Crippen molar-refractivity contribution in [1.82, 2.24) is 5.43 Å². The van der Waals surface area contributed by atoms with E-state index in [2.05, 4.69) is 10.5 Å². The number of nitrogens with one attached hydrogen (secondary N) is 1. The number of carbonyl (C=O) groups excluding carboxylic acids is 1. The lowest BCUT2D eigenvalue weighted by atomic mass is 10.2. The van der Waals surface area contributed by atoms with Gasteiger partial charge in [0.15, 0.2) is 5.75 Å². The smallest absolute Gasteiger partial charge is 0.310 e. The average Bonchev–Trinajstić information content (AvgIpc) is 2.46. The van der Waals surface area contributed by atoms with Crippen molar-refractivity contribution in [1.29, 1.82) is 0 Å². The van der Waals surface area contributed by atoms with E-state index >= 15 is 0 Å². The predicted octanol–water partition coefficient (Wildman–Crippen LogP) is 2.20. The van der Waals surface area contributed by atoms with Crippen LogP contribution in [0.5, 0.6) is 5.75 Å². The Balaban J connectivity index is 2.05. The summed E-state index contributed by atoms with van der Waals surface area (Å²) in [5.41, 5.74) is 2.20. The molecule has 0 spiro atoms. The van der Waals surface area contributed by atoms with Crippen molar-refractivity contribution in [2.24, 2.45) is 5.10 Å². The number of nitro groups is 1. The summed E-state index contributed by atoms with van der Waals surface area (Å²) in [7, 11) is 0. The molecule has 0 unspecified atom stereocenters. The SMILES string of the molecule is O=C(NN=Cc1ccc([N+](=O)[O-])c(O)c1)c1cccc(F)c1. The first-order chi connectivity index (χ1) is 10.5. The highest BCUT2D eigenvalue weighted by Gasteiger charge is 2.12. The largest absolute Gasteiger partial charge is 0.502 e. The van der Waals surface area contributed by atoms with Crippen LogP contribution in [-0.2, 0) is 0 Å². The Kier molecular flexibility index (Phi) is 4.42. The summed E-state index contributed by atoms with van der Waals surface area (Å²) >= 11 is 0. The first-order valence-corrected chi connectivity index (χ1v) is 6.04. The van der Waals surface area contributed by atoms with Crippen molar-refractivity contribution >= 4 is 17.8 Å². The van der Waals surface area contributed by atoms with Gasteiger partial charge in [0.1, 0.15) is 5.82 Å². The molecule has 0 aliphatic rings. The molecule has 0 aliphatic heterocycles. The second-order valence-corrected chi connectivity index (χ2v) is 4.21. The molecule has 0 fully saturated rings. The summed E-state index contributed by atoms with van der Waals surface area (Å²) in [4.78, 5) is 21.5. The standard InChI is InChI=1S/C14H10FN3O4/c15-11-3-1-2-10(7-11)14(20)17-16-8-9-4-5-12(18(21)22)13(19)6-9/h1-8,19H,(H,17,20). The summed E-state index contributed by atoms with van der Waals surface area (Å²) in [6, 6.07) is 8.69. The van der Waals surface area contributed by atoms with E-state index in [0.29, 0.717) is 5.56 Å². The van der Waals surface area contributed by atoms with Crippen molar-refractivity contribution in [3.63, 3.8) is 0 Å². The molecule has 0 radical (unpaired) electrons. The fraction of sp³-hybridized carbons (Fsp3) is 0. The topological polar surface area (TPSA) is 105 Å². The lowest BCUT2D eigenvalue weighted by Gasteiger charge is -2.00. The van der Waals surface area contributed by atoms with Crippen LogP contribution in [0.4, 0.5) is 10.1 Å². The molecule has 8 heteroatoms. The third-order valence-electron chi connectivity index (χ3n) is 2.66. The number of phenols is 1. The molecule has 2 N–H and O–H groups in total. The minimum absolute atomic E-state index is 0.101. The highest BCUT2D eigenvalue weighted by Crippen LogP contribution is 2.25. The number of aromatic hydroxyl groups is 1. The van der Waals surface area contributed by atoms with Gasteiger partial charge in [0.25, 0.3) is 5.91 Å². The number of carbonyl (C=O) groups is 1. The number of nitrogens with zero attached hydrogens (tertiary/aromatic N) is 2. The molecule has 0 bridgehead atoms. The average molecular weight is 303 g/mol. The van der Waals surface area contributed by atoms with E-state index in [9.17, 15) is 24.4 Å². The number of phenolic OH excluding ortho intramolecular Hbond substituents is 1. The Morgan fingerprint density at radius 2 is 2.09 bits per heavy atom. The van der Waals surface area contributed by atoms with E-state index in [1.165, 1.54) is 30.5 Å². The van der Waals surface area contributed by atoms with Crippen molar-refractivity contribution in [2.45, 2.75) is 0 Å². The van der Waals surface area contributed by atoms with Gasteiger partial charge in [-0.15, -0.1) is 0 Å². The van der Waals surface area contributed by atoms with Gasteiger partial charge < -0.3 is 5.11 Å². The van der Waals surface area contributed by atoms with E-state index in [1.54, 1.807) is 0 Å². The zero-order valence-electron chi connectivity index (χ0n) is 11.1. The van der Waals surface area contributed by atoms with Gasteiger partial charge in [-0.25, -0.2) is 9.82 Å². The monoisotopic (exact) mass is 303 g/mol. The molecule has 2 aromatic rings. The number of nitro benzene ring substituents is 1. The van der Waals surface area contributed by atoms with Crippen LogP contribution in [0.25, 0.3) is 0 Å². The van der Waals surface area contributed by atoms with E-state index in [1.807, 2.05) is 0 Å². The summed E-state index contributed by atoms with van der Waals surface area (Å²) in [5, 5.41) is 23.6. The minimum Gasteiger partial charge on any atom is -0.502 e. The maximum atomic E-state index is 13.0. The number of amides is 1. The van der Waals surface area contributed by atoms with Crippen LogP contribution >= 0.6 is 0 Å². The van der Waals surface area contributed by atoms with E-state index in [0.717, 1.165) is 18.2 Å². The van der Waals surface area contributed by atoms with Gasteiger partial charge in [-0.1, -0.05) is 6.07 Å². The molecule has 2 rings (SSSR count). The number of hydrogen-bond acceptors (Lipinski definition) is 5. The Morgan fingerprint density at radius 1 is 1.32 bits per heavy atom. The van der Waals surface area contributed by atoms with Crippen LogP contribution < -0.4 is 5.43 Å². The first-order valence-electron chi connectivity index (χ1n) is 6.04. The van der Waals surface area contributed by atoms with Crippen LogP contribution in [0.1, 0.15) is 15.9 Å². The number of halogens is 1. The third-order valence-corrected chi connectivity index (χ3v) is 2.66. The highest BCUT2D eigenvalue weighted by atomic mass is 19.1. The van der Waals surface area contributed by atoms with Gasteiger partial charge in [-0.2, -0.15) is 5.10 Å². The fourth-order valence-corrected chi connectivity index (χ4v) is 1.63. The molecule has 0 saturated heterocycles. The highest BCUT2D eigenvalue weighted by molar-refractivity contribution is 5.94. The van der Waals surface area contributed by atoms with Crippen LogP contribution in [0.15, 0.2) is 47.6 Å². The molecule has 112 valence electrons. The minimum atomic E-state index is -0.720. The Labute approximate surface area is 123 Å². The number of rotatable bonds is 4. The zero-order valence-corrected chi connectivity index (χ0v) is 11.1. The molecule has 22 heavy (non-hydrogen) atoms. The lowest BCUT2D eigenvalue weighted by molar-refractivity contribution is -0.385. The summed E-state index contributed by atoms with van der Waals surface area (Å²) in [6.45, 7) is 0. The Morgan fingerprint density at radius 3 is 2.73 bits per heavy atom. The summed E-state index contributed by atoms with van der Waals surface area (Å²) in [6.07, 6.45) is 1.20. The third kappa shape index (κ3) is 3.63. The second kappa shape index (κ2) is 6.44. The van der Waals surface area contributed by atoms with Gasteiger partial charge in [-0.05, 0) is 35.9 Å². The Hall–Kier alpha value is -3.29. The van der Waals surface area contributed by atoms with E-state index in [4.69, 9.17) is 0 Å². The number of hydrazone groups is 1. The fourth-order valence-electron chi connectivity index (χ4n) is 1.63. The first kappa shape index (κ1) is 15.1. The van der Waals surface area contributed by atoms with Crippen LogP contribution in [0.3, 0.4) is 0 Å². The van der Waals surface area contributed by atoms with Crippen LogP contribution in [0.2, 0.25) is 0 Å². The molecule has 0 saturated carbocycles. The molecular weight excluding hydrogens is 293 g/mol. The number of hydrogen-bond donors (Lipinski definition) is 2. The predicted molar refractivity (Wildman–Crippen MR) is 76.2 cm³/mol. The van der Waals surface area contributed by atoms with Crippen molar-refractivity contribution in [2.75, 3.05) is 0 Å². The maximum absolute atomic E-state index is 13.0. The molecule has 0 aliphatic carbocycles. The van der Waals surface area contributed by atoms with Crippen molar-refractivity contribution in [3.8, 4) is 5.75 Å². The van der Waals surface area contributed by atoms with Crippen molar-refractivity contribution < 1.29 is 19.2 Å². The van der Waals surface area contributed by atoms with Gasteiger partial charge >= 0.3 is 5.69 Å². The summed E-state index contributed by atoms with van der Waals surface area (Å²) in [5.74, 6) is -1.66. The van der Waals surface area contributed by atoms with Gasteiger partial charge in [0.2, 0.25) is 0 Å². The molecule has 0 aromatic heterocycles. The summed E-state index contributed by atoms with van der Waals surface area (Å²) < 4.78 is 13.0. The zero-order chi connectivity index (χ0) is 16.1. The molecule has 0 heterocycles. The van der Waals surface area contributed by atoms with Crippen molar-refractivity contribution in [3.05, 3.63) is 69.5 Å². The van der Waals surface area contributed by atoms with Crippen LogP contribution in [-0.4, -0.2) is 22.2 Å². The molecule has 1 amide bonds. The number of benzene rings is 2. The lowest BCUT2D eigenvalue weighted by Crippen LogP contribution is -2.17. The van der Waals surface area contributed by atoms with E-state index in [-0.39, 0.29) is 5.56 Å². The Bertz CT molecular complexity index is 762. The normalized spacial score (nSPS) is 10.6. The maximum Gasteiger partial charge on any atom is 0.310 e. The molecular formula is C14H10FN3O4. The van der Waals surface area contributed by atoms with Gasteiger partial charge in [0.05, 0.1) is 11.1 Å². The van der Waals surface area contributed by atoms with E-state index < -0.39 is 28.1 Å². The van der Waals surface area contributed by atoms with Crippen LogP contribution in [0, 0.1) is 15.9 Å². The molecule has 2 aromatic carbocycles. The van der Waals surface area contributed by atoms with Gasteiger partial charge in [-0.3, -0.25) is 14.9 Å². The molecule has 7 nitrogen and oxygen atoms in total. The quantitative estimate of drug-likeness (QED) is 0.513. The molecule has 0 atom stereocenters. The second-order valence-electron chi connectivity index (χ2n) is 4.21. The van der Waals surface area contributed by atoms with Gasteiger partial charge in [0, 0.05) is 11.6 Å².